The first-order valence-corrected chi connectivity index (χ1v) is 26.8. The van der Waals surface area contributed by atoms with Gasteiger partial charge in [0.15, 0.2) is 0 Å². The van der Waals surface area contributed by atoms with Crippen LogP contribution in [0.4, 0.5) is 0 Å². The first-order chi connectivity index (χ1) is 36.3. The van der Waals surface area contributed by atoms with Crippen molar-refractivity contribution in [3.8, 4) is 22.8 Å². The highest BCUT2D eigenvalue weighted by Gasteiger charge is 2.42. The molecule has 3 aromatic heterocycles. The fourth-order valence-electron chi connectivity index (χ4n) is 10.5. The van der Waals surface area contributed by atoms with Crippen LogP contribution in [-0.4, -0.2) is 116 Å². The summed E-state index contributed by atoms with van der Waals surface area (Å²) in [4.78, 5) is 56.7. The summed E-state index contributed by atoms with van der Waals surface area (Å²) in [6.07, 6.45) is 14.3. The van der Waals surface area contributed by atoms with Gasteiger partial charge in [0.25, 0.3) is 0 Å². The van der Waals surface area contributed by atoms with Gasteiger partial charge in [-0.15, -0.1) is 0 Å². The number of aryl methyl sites for hydroxylation is 1. The van der Waals surface area contributed by atoms with Crippen LogP contribution in [-0.2, 0) is 52.7 Å². The zero-order valence-electron chi connectivity index (χ0n) is 43.0. The van der Waals surface area contributed by atoms with Crippen molar-refractivity contribution in [3.63, 3.8) is 0 Å². The molecule has 74 heavy (non-hydrogen) atoms. The van der Waals surface area contributed by atoms with E-state index in [0.29, 0.717) is 90.5 Å². The van der Waals surface area contributed by atoms with Gasteiger partial charge in [-0.25, -0.2) is 4.98 Å². The highest BCUT2D eigenvalue weighted by Crippen LogP contribution is 2.35. The third-order valence-corrected chi connectivity index (χ3v) is 14.9. The molecule has 0 spiro atoms. The van der Waals surface area contributed by atoms with E-state index in [4.69, 9.17) is 28.4 Å². The van der Waals surface area contributed by atoms with E-state index in [1.54, 1.807) is 11.1 Å². The van der Waals surface area contributed by atoms with E-state index in [9.17, 15) is 14.4 Å². The largest absolute Gasteiger partial charge is 0.491 e. The molecule has 392 valence electrons. The molecule has 3 amide bonds. The zero-order chi connectivity index (χ0) is 51.1. The summed E-state index contributed by atoms with van der Waals surface area (Å²) in [5, 5.41) is 8.79. The Hall–Kier alpha value is -6.39. The number of nitrogens with one attached hydrogen (secondary N) is 3. The predicted molar refractivity (Wildman–Crippen MR) is 284 cm³/mol. The molecule has 0 bridgehead atoms. The second-order valence-electron chi connectivity index (χ2n) is 19.8. The molecule has 4 atom stereocenters. The monoisotopic (exact) mass is 1010 g/mol. The normalized spacial score (nSPS) is 17.6. The van der Waals surface area contributed by atoms with Gasteiger partial charge < -0.3 is 48.9 Å². The summed E-state index contributed by atoms with van der Waals surface area (Å²) < 4.78 is 34.7. The fraction of sp³-hybridized carbons (Fsp3) is 0.475. The maximum Gasteiger partial charge on any atom is 0.246 e. The molecule has 0 saturated heterocycles. The quantitative estimate of drug-likeness (QED) is 0.0468. The molecular weight excluding hydrogens is 937 g/mol. The van der Waals surface area contributed by atoms with Crippen LogP contribution >= 0.6 is 0 Å². The number of amides is 3. The van der Waals surface area contributed by atoms with E-state index in [1.165, 1.54) is 5.56 Å². The number of carbonyl (C=O) groups is 3. The van der Waals surface area contributed by atoms with Gasteiger partial charge >= 0.3 is 0 Å². The van der Waals surface area contributed by atoms with Gasteiger partial charge in [-0.05, 0) is 103 Å². The lowest BCUT2D eigenvalue weighted by Crippen LogP contribution is -2.60. The standard InChI is InChI=1S/C59H72N6O9/c1-3-40(2)57(66)64-56(42-11-5-4-6-12-42)59(68)65-39-46-34-47(19-16-44(46)36-54(65)58(67)63-51-15-9-13-41-10-7-8-14-48(41)51)73-32-30-71-28-26-69-24-25-70-27-29-72-31-33-74-55-21-18-45(37-61-55)43-17-20-49-50-38-60-23-22-52(50)62-53(49)35-43/h7-8,10,14,16-23,34-35,37-38,40,42,51,54,56,62H,3-6,9,11-13,15,24-33,36,39H2,1-2H3,(H,63,67)(H,64,66)/t40-,51+,54-,56+/m1/s1. The lowest BCUT2D eigenvalue weighted by Gasteiger charge is -2.41. The fourth-order valence-corrected chi connectivity index (χ4v) is 10.5. The van der Waals surface area contributed by atoms with Gasteiger partial charge in [0.2, 0.25) is 23.6 Å². The van der Waals surface area contributed by atoms with Crippen molar-refractivity contribution < 1.29 is 42.8 Å². The van der Waals surface area contributed by atoms with Crippen LogP contribution in [0.2, 0.25) is 0 Å². The van der Waals surface area contributed by atoms with Gasteiger partial charge in [0.1, 0.15) is 31.0 Å². The Morgan fingerprint density at radius 2 is 1.43 bits per heavy atom. The average molecular weight is 1010 g/mol. The summed E-state index contributed by atoms with van der Waals surface area (Å²) in [5.74, 6) is 0.544. The first-order valence-electron chi connectivity index (χ1n) is 26.8. The van der Waals surface area contributed by atoms with Crippen LogP contribution in [0.5, 0.6) is 11.6 Å². The van der Waals surface area contributed by atoms with Crippen molar-refractivity contribution in [1.29, 1.82) is 0 Å². The third-order valence-electron chi connectivity index (χ3n) is 14.9. The molecule has 9 rings (SSSR count). The summed E-state index contributed by atoms with van der Waals surface area (Å²) in [7, 11) is 0. The number of ether oxygens (including phenoxy) is 6. The number of carbonyl (C=O) groups excluding carboxylic acids is 3. The molecule has 0 radical (unpaired) electrons. The molecule has 0 unspecified atom stereocenters. The first kappa shape index (κ1) is 52.5. The van der Waals surface area contributed by atoms with Crippen LogP contribution in [0.25, 0.3) is 32.9 Å². The van der Waals surface area contributed by atoms with Gasteiger partial charge in [0.05, 0.1) is 58.9 Å². The van der Waals surface area contributed by atoms with Crippen molar-refractivity contribution in [3.05, 3.63) is 120 Å². The van der Waals surface area contributed by atoms with Crippen molar-refractivity contribution in [1.82, 2.24) is 30.5 Å². The van der Waals surface area contributed by atoms with Gasteiger partial charge in [-0.2, -0.15) is 0 Å². The number of rotatable bonds is 25. The second kappa shape index (κ2) is 26.2. The highest BCUT2D eigenvalue weighted by molar-refractivity contribution is 6.07. The van der Waals surface area contributed by atoms with E-state index >= 15 is 0 Å². The minimum absolute atomic E-state index is 0.0187. The van der Waals surface area contributed by atoms with E-state index in [2.05, 4.69) is 55.9 Å². The van der Waals surface area contributed by atoms with E-state index < -0.39 is 12.1 Å². The summed E-state index contributed by atoms with van der Waals surface area (Å²) >= 11 is 0. The molecule has 3 N–H and O–H groups in total. The maximum atomic E-state index is 14.9. The molecule has 2 aliphatic carbocycles. The Morgan fingerprint density at radius 3 is 2.18 bits per heavy atom. The van der Waals surface area contributed by atoms with Crippen molar-refractivity contribution in [2.45, 2.75) is 103 Å². The molecule has 1 fully saturated rings. The number of aromatic amines is 1. The Balaban J connectivity index is 0.668. The van der Waals surface area contributed by atoms with E-state index in [0.717, 1.165) is 101 Å². The maximum absolute atomic E-state index is 14.9. The smallest absolute Gasteiger partial charge is 0.246 e. The predicted octanol–water partition coefficient (Wildman–Crippen LogP) is 8.86. The number of nitrogens with zero attached hydrogens (tertiary/aromatic N) is 3. The Labute approximate surface area is 434 Å². The van der Waals surface area contributed by atoms with E-state index in [-0.39, 0.29) is 42.1 Å². The van der Waals surface area contributed by atoms with Gasteiger partial charge in [-0.1, -0.05) is 75.6 Å². The molecule has 3 aliphatic rings. The van der Waals surface area contributed by atoms with Crippen LogP contribution in [0.1, 0.15) is 93.5 Å². The van der Waals surface area contributed by atoms with Crippen molar-refractivity contribution in [2.24, 2.45) is 11.8 Å². The average Bonchev–Trinajstić information content (AvgIpc) is 3.82. The lowest BCUT2D eigenvalue weighted by atomic mass is 9.82. The van der Waals surface area contributed by atoms with Gasteiger partial charge in [-0.3, -0.25) is 19.4 Å². The SMILES string of the molecule is CC[C@@H](C)C(=O)N[C@H](C(=O)N1Cc2cc(OCCOCCOCCOCCOCCOc3ccc(-c4ccc5c(c4)[nH]c4ccncc45)cn3)ccc2C[C@@H]1C(=O)N[C@H]1CCCc2ccccc21)C1CCCCC1. The van der Waals surface area contributed by atoms with Crippen LogP contribution in [0.3, 0.4) is 0 Å². The van der Waals surface area contributed by atoms with Gasteiger partial charge in [0, 0.05) is 70.9 Å². The second-order valence-corrected chi connectivity index (χ2v) is 19.8. The molecule has 6 aromatic rings. The number of fused-ring (bicyclic) bond motifs is 5. The summed E-state index contributed by atoms with van der Waals surface area (Å²) in [5.41, 5.74) is 8.54. The van der Waals surface area contributed by atoms with Crippen molar-refractivity contribution >= 4 is 39.5 Å². The number of hydrogen-bond acceptors (Lipinski definition) is 11. The molecule has 1 saturated carbocycles. The topological polar surface area (TPSA) is 175 Å². The molecule has 3 aromatic carbocycles. The highest BCUT2D eigenvalue weighted by atomic mass is 16.6. The number of aromatic nitrogens is 3. The molecule has 4 heterocycles. The van der Waals surface area contributed by atoms with Crippen LogP contribution < -0.4 is 20.1 Å². The zero-order valence-corrected chi connectivity index (χ0v) is 43.0. The minimum Gasteiger partial charge on any atom is -0.491 e. The Morgan fingerprint density at radius 1 is 0.703 bits per heavy atom. The molecule has 15 nitrogen and oxygen atoms in total. The number of benzene rings is 3. The number of hydrogen-bond donors (Lipinski definition) is 3. The Bertz CT molecular complexity index is 2790. The summed E-state index contributed by atoms with van der Waals surface area (Å²) in [6.45, 7) is 8.24. The number of pyridine rings is 2. The molecule has 1 aliphatic heterocycles. The summed E-state index contributed by atoms with van der Waals surface area (Å²) in [6, 6.07) is 24.9. The van der Waals surface area contributed by atoms with E-state index in [1.807, 2.05) is 74.8 Å². The van der Waals surface area contributed by atoms with Crippen LogP contribution in [0, 0.1) is 11.8 Å². The van der Waals surface area contributed by atoms with Crippen LogP contribution in [0.15, 0.2) is 97.5 Å². The lowest BCUT2D eigenvalue weighted by molar-refractivity contribution is -0.146. The third kappa shape index (κ3) is 13.5. The minimum atomic E-state index is -0.719. The number of H-pyrrole nitrogens is 1. The molecular formula is C59H72N6O9. The van der Waals surface area contributed by atoms with Crippen molar-refractivity contribution in [2.75, 3.05) is 66.1 Å². The molecule has 15 heteroatoms. The Kier molecular flexibility index (Phi) is 18.6.